The van der Waals surface area contributed by atoms with Crippen molar-refractivity contribution in [3.63, 3.8) is 0 Å². The minimum atomic E-state index is -0.780. The minimum Gasteiger partial charge on any atom is -0.337 e. The first kappa shape index (κ1) is 14.4. The van der Waals surface area contributed by atoms with Crippen LogP contribution in [-0.4, -0.2) is 41.9 Å². The number of likely N-dealkylation sites (N-methyl/N-ethyl adjacent to an activating group) is 1. The molecule has 1 amide bonds. The number of halogens is 1. The molecule has 1 heterocycles. The second-order valence-electron chi connectivity index (χ2n) is 4.87. The molecule has 0 radical (unpaired) electrons. The van der Waals surface area contributed by atoms with E-state index >= 15 is 0 Å². The van der Waals surface area contributed by atoms with Crippen LogP contribution in [0.25, 0.3) is 0 Å². The Morgan fingerprint density at radius 1 is 1.50 bits per heavy atom. The first-order chi connectivity index (χ1) is 9.49. The lowest BCUT2D eigenvalue weighted by atomic mass is 10.0. The van der Waals surface area contributed by atoms with Gasteiger partial charge in [0, 0.05) is 31.3 Å². The number of hydrogen-bond donors (Lipinski definition) is 1. The predicted molar refractivity (Wildman–Crippen MR) is 71.0 cm³/mol. The maximum atomic E-state index is 13.4. The van der Waals surface area contributed by atoms with Gasteiger partial charge in [0.15, 0.2) is 0 Å². The molecule has 1 fully saturated rings. The van der Waals surface area contributed by atoms with E-state index in [4.69, 9.17) is 0 Å². The molecule has 1 aromatic rings. The number of nitro groups is 1. The summed E-state index contributed by atoms with van der Waals surface area (Å²) in [5.41, 5.74) is -0.409. The van der Waals surface area contributed by atoms with E-state index < -0.39 is 22.3 Å². The van der Waals surface area contributed by atoms with Crippen molar-refractivity contribution in [2.24, 2.45) is 0 Å². The molecule has 0 aliphatic carbocycles. The van der Waals surface area contributed by atoms with Crippen LogP contribution in [0.4, 0.5) is 10.1 Å². The monoisotopic (exact) mass is 281 g/mol. The van der Waals surface area contributed by atoms with Crippen LogP contribution < -0.4 is 5.32 Å². The number of nitrogens with one attached hydrogen (secondary N) is 1. The van der Waals surface area contributed by atoms with Gasteiger partial charge in [-0.1, -0.05) is 0 Å². The predicted octanol–water partition coefficient (Wildman–Crippen LogP) is 1.56. The van der Waals surface area contributed by atoms with Crippen molar-refractivity contribution in [3.05, 3.63) is 39.7 Å². The van der Waals surface area contributed by atoms with Crippen molar-refractivity contribution in [1.82, 2.24) is 10.2 Å². The molecular formula is C13H16FN3O3. The van der Waals surface area contributed by atoms with Crippen LogP contribution in [0.3, 0.4) is 0 Å². The largest absolute Gasteiger partial charge is 0.337 e. The zero-order valence-corrected chi connectivity index (χ0v) is 11.1. The Morgan fingerprint density at radius 2 is 2.25 bits per heavy atom. The summed E-state index contributed by atoms with van der Waals surface area (Å²) in [4.78, 5) is 23.8. The van der Waals surface area contributed by atoms with Gasteiger partial charge in [0.25, 0.3) is 11.6 Å². The molecule has 0 aromatic heterocycles. The Bertz CT molecular complexity index is 530. The Hall–Kier alpha value is -2.02. The van der Waals surface area contributed by atoms with Gasteiger partial charge in [-0.05, 0) is 25.5 Å². The van der Waals surface area contributed by atoms with E-state index in [1.54, 1.807) is 7.05 Å². The standard InChI is InChI=1S/C13H16FN3O3/c1-16(11-3-2-4-15-8-11)13(18)9-5-10(14)7-12(6-9)17(19)20/h5-7,11,15H,2-4,8H2,1H3. The summed E-state index contributed by atoms with van der Waals surface area (Å²) in [7, 11) is 1.64. The van der Waals surface area contributed by atoms with Crippen molar-refractivity contribution in [1.29, 1.82) is 0 Å². The molecule has 6 nitrogen and oxygen atoms in total. The highest BCUT2D eigenvalue weighted by molar-refractivity contribution is 5.95. The van der Waals surface area contributed by atoms with Gasteiger partial charge in [-0.3, -0.25) is 14.9 Å². The molecule has 1 saturated heterocycles. The lowest BCUT2D eigenvalue weighted by Gasteiger charge is -2.31. The van der Waals surface area contributed by atoms with E-state index in [2.05, 4.69) is 5.32 Å². The summed E-state index contributed by atoms with van der Waals surface area (Å²) < 4.78 is 13.4. The molecule has 7 heteroatoms. The van der Waals surface area contributed by atoms with E-state index in [-0.39, 0.29) is 11.6 Å². The van der Waals surface area contributed by atoms with E-state index in [1.165, 1.54) is 4.90 Å². The summed E-state index contributed by atoms with van der Waals surface area (Å²) >= 11 is 0. The number of nitro benzene ring substituents is 1. The summed E-state index contributed by atoms with van der Waals surface area (Å²) in [6.45, 7) is 1.60. The van der Waals surface area contributed by atoms with Crippen molar-refractivity contribution >= 4 is 11.6 Å². The summed E-state index contributed by atoms with van der Waals surface area (Å²) in [6.07, 6.45) is 1.83. The fraction of sp³-hybridized carbons (Fsp3) is 0.462. The Morgan fingerprint density at radius 3 is 2.85 bits per heavy atom. The van der Waals surface area contributed by atoms with Gasteiger partial charge in [-0.15, -0.1) is 0 Å². The van der Waals surface area contributed by atoms with Crippen molar-refractivity contribution in [2.75, 3.05) is 20.1 Å². The van der Waals surface area contributed by atoms with Crippen LogP contribution >= 0.6 is 0 Å². The molecule has 1 aliphatic heterocycles. The molecule has 1 aliphatic rings. The number of rotatable bonds is 3. The third-order valence-corrected chi connectivity index (χ3v) is 3.48. The van der Waals surface area contributed by atoms with E-state index in [9.17, 15) is 19.3 Å². The second-order valence-corrected chi connectivity index (χ2v) is 4.87. The average Bonchev–Trinajstić information content (AvgIpc) is 2.46. The Balaban J connectivity index is 2.21. The number of carbonyl (C=O) groups is 1. The quantitative estimate of drug-likeness (QED) is 0.674. The number of non-ortho nitro benzene ring substituents is 1. The van der Waals surface area contributed by atoms with Crippen LogP contribution in [-0.2, 0) is 0 Å². The third kappa shape index (κ3) is 3.11. The fourth-order valence-electron chi connectivity index (χ4n) is 2.34. The lowest BCUT2D eigenvalue weighted by Crippen LogP contribution is -2.46. The van der Waals surface area contributed by atoms with Gasteiger partial charge in [-0.25, -0.2) is 4.39 Å². The van der Waals surface area contributed by atoms with Crippen LogP contribution in [0.5, 0.6) is 0 Å². The number of amides is 1. The number of benzene rings is 1. The number of carbonyl (C=O) groups excluding carboxylic acids is 1. The molecule has 1 aromatic carbocycles. The molecule has 20 heavy (non-hydrogen) atoms. The lowest BCUT2D eigenvalue weighted by molar-refractivity contribution is -0.385. The topological polar surface area (TPSA) is 75.5 Å². The van der Waals surface area contributed by atoms with Crippen molar-refractivity contribution in [3.8, 4) is 0 Å². The maximum Gasteiger partial charge on any atom is 0.273 e. The highest BCUT2D eigenvalue weighted by atomic mass is 19.1. The first-order valence-electron chi connectivity index (χ1n) is 6.42. The highest BCUT2D eigenvalue weighted by Crippen LogP contribution is 2.19. The third-order valence-electron chi connectivity index (χ3n) is 3.48. The molecule has 2 rings (SSSR count). The number of piperidine rings is 1. The van der Waals surface area contributed by atoms with Crippen LogP contribution in [0, 0.1) is 15.9 Å². The van der Waals surface area contributed by atoms with Gasteiger partial charge >= 0.3 is 0 Å². The highest BCUT2D eigenvalue weighted by Gasteiger charge is 2.24. The van der Waals surface area contributed by atoms with E-state index in [0.29, 0.717) is 6.54 Å². The van der Waals surface area contributed by atoms with E-state index in [0.717, 1.165) is 37.6 Å². The van der Waals surface area contributed by atoms with Crippen LogP contribution in [0.15, 0.2) is 18.2 Å². The normalized spacial score (nSPS) is 18.6. The number of nitrogens with zero attached hydrogens (tertiary/aromatic N) is 2. The van der Waals surface area contributed by atoms with Crippen molar-refractivity contribution < 1.29 is 14.1 Å². The SMILES string of the molecule is CN(C(=O)c1cc(F)cc([N+](=O)[O-])c1)C1CCCNC1. The zero-order chi connectivity index (χ0) is 14.7. The average molecular weight is 281 g/mol. The molecule has 1 atom stereocenters. The van der Waals surface area contributed by atoms with Gasteiger partial charge < -0.3 is 10.2 Å². The number of hydrogen-bond acceptors (Lipinski definition) is 4. The molecule has 0 bridgehead atoms. The second kappa shape index (κ2) is 5.96. The molecule has 0 spiro atoms. The first-order valence-corrected chi connectivity index (χ1v) is 6.42. The van der Waals surface area contributed by atoms with Crippen LogP contribution in [0.1, 0.15) is 23.2 Å². The van der Waals surface area contributed by atoms with Gasteiger partial charge in [0.2, 0.25) is 0 Å². The molecule has 1 unspecified atom stereocenters. The van der Waals surface area contributed by atoms with E-state index in [1.807, 2.05) is 0 Å². The summed E-state index contributed by atoms with van der Waals surface area (Å²) in [5, 5.41) is 13.9. The summed E-state index contributed by atoms with van der Waals surface area (Å²) in [6, 6.07) is 2.97. The fourth-order valence-corrected chi connectivity index (χ4v) is 2.34. The van der Waals surface area contributed by atoms with Crippen LogP contribution in [0.2, 0.25) is 0 Å². The molecule has 1 N–H and O–H groups in total. The maximum absolute atomic E-state index is 13.4. The summed E-state index contributed by atoms with van der Waals surface area (Å²) in [5.74, 6) is -1.18. The molecule has 108 valence electrons. The molecular weight excluding hydrogens is 265 g/mol. The Labute approximate surface area is 115 Å². The Kier molecular flexibility index (Phi) is 4.29. The molecule has 0 saturated carbocycles. The van der Waals surface area contributed by atoms with Gasteiger partial charge in [0.05, 0.1) is 11.0 Å². The van der Waals surface area contributed by atoms with Crippen molar-refractivity contribution in [2.45, 2.75) is 18.9 Å². The smallest absolute Gasteiger partial charge is 0.273 e. The minimum absolute atomic E-state index is 0.00442. The zero-order valence-electron chi connectivity index (χ0n) is 11.1. The van der Waals surface area contributed by atoms with Gasteiger partial charge in [0.1, 0.15) is 5.82 Å². The van der Waals surface area contributed by atoms with Gasteiger partial charge in [-0.2, -0.15) is 0 Å².